The van der Waals surface area contributed by atoms with Crippen LogP contribution >= 0.6 is 0 Å². The molecule has 0 saturated heterocycles. The SMILES string of the molecule is CC(C)CC(=O)c1c(O)c(C=O)c(O)c2c1O[C@@]1(CC2)CC[C@@H]2C[C@H]1C2(C)C. The molecule has 5 heteroatoms. The molecular formula is C23H30O5. The maximum absolute atomic E-state index is 13.0. The predicted octanol–water partition coefficient (Wildman–Crippen LogP) is 4.66. The third-order valence-electron chi connectivity index (χ3n) is 7.65. The molecule has 2 N–H and O–H groups in total. The minimum absolute atomic E-state index is 0.0712. The van der Waals surface area contributed by atoms with E-state index in [0.717, 1.165) is 31.6 Å². The maximum atomic E-state index is 13.0. The molecule has 1 spiro atoms. The number of carbonyl (C=O) groups excluding carboxylic acids is 2. The Bertz CT molecular complexity index is 851. The molecule has 3 saturated carbocycles. The van der Waals surface area contributed by atoms with Crippen molar-refractivity contribution in [2.24, 2.45) is 23.2 Å². The van der Waals surface area contributed by atoms with E-state index in [1.165, 1.54) is 0 Å². The fraction of sp³-hybridized carbons (Fsp3) is 0.652. The molecular weight excluding hydrogens is 356 g/mol. The second-order valence-electron chi connectivity index (χ2n) is 9.94. The van der Waals surface area contributed by atoms with Gasteiger partial charge in [0.1, 0.15) is 28.4 Å². The number of phenols is 2. The van der Waals surface area contributed by atoms with Crippen molar-refractivity contribution >= 4 is 12.1 Å². The highest BCUT2D eigenvalue weighted by Crippen LogP contribution is 2.66. The first-order chi connectivity index (χ1) is 13.1. The zero-order valence-corrected chi connectivity index (χ0v) is 17.2. The number of hydrogen-bond donors (Lipinski definition) is 2. The predicted molar refractivity (Wildman–Crippen MR) is 105 cm³/mol. The Morgan fingerprint density at radius 1 is 1.25 bits per heavy atom. The summed E-state index contributed by atoms with van der Waals surface area (Å²) in [6.07, 6.45) is 5.12. The van der Waals surface area contributed by atoms with E-state index in [9.17, 15) is 19.8 Å². The van der Waals surface area contributed by atoms with Crippen LogP contribution in [0, 0.1) is 23.2 Å². The van der Waals surface area contributed by atoms with Crippen molar-refractivity contribution in [3.63, 3.8) is 0 Å². The molecule has 0 amide bonds. The van der Waals surface area contributed by atoms with Crippen LogP contribution < -0.4 is 4.74 Å². The average molecular weight is 386 g/mol. The van der Waals surface area contributed by atoms with Crippen LogP contribution in [0.25, 0.3) is 0 Å². The lowest BCUT2D eigenvalue weighted by Gasteiger charge is -2.65. The van der Waals surface area contributed by atoms with Crippen LogP contribution in [0.5, 0.6) is 17.2 Å². The molecule has 5 nitrogen and oxygen atoms in total. The van der Waals surface area contributed by atoms with Gasteiger partial charge in [0.15, 0.2) is 12.1 Å². The number of benzene rings is 1. The van der Waals surface area contributed by atoms with Gasteiger partial charge in [0.25, 0.3) is 0 Å². The van der Waals surface area contributed by atoms with E-state index < -0.39 is 5.75 Å². The molecule has 152 valence electrons. The minimum atomic E-state index is -0.449. The van der Waals surface area contributed by atoms with Gasteiger partial charge in [0.2, 0.25) is 0 Å². The lowest BCUT2D eigenvalue weighted by Crippen LogP contribution is -2.64. The van der Waals surface area contributed by atoms with Crippen molar-refractivity contribution in [3.8, 4) is 17.2 Å². The van der Waals surface area contributed by atoms with Gasteiger partial charge in [-0.15, -0.1) is 0 Å². The van der Waals surface area contributed by atoms with Gasteiger partial charge in [-0.2, -0.15) is 0 Å². The van der Waals surface area contributed by atoms with Crippen LogP contribution in [0.3, 0.4) is 0 Å². The van der Waals surface area contributed by atoms with E-state index in [2.05, 4.69) is 13.8 Å². The molecule has 1 aromatic carbocycles. The highest BCUT2D eigenvalue weighted by molar-refractivity contribution is 6.05. The molecule has 1 aromatic rings. The lowest BCUT2D eigenvalue weighted by molar-refractivity contribution is -0.195. The van der Waals surface area contributed by atoms with Gasteiger partial charge in [-0.25, -0.2) is 0 Å². The molecule has 1 aliphatic heterocycles. The monoisotopic (exact) mass is 386 g/mol. The standard InChI is InChI=1S/C23H30O5/c1-12(2)9-16(25)18-20(27)15(11-24)19(26)14-6-8-23(28-21(14)18)7-5-13-10-17(23)22(13,3)4/h11-13,17,26-27H,5-10H2,1-4H3/t13-,17+,23-/m1/s1. The Morgan fingerprint density at radius 3 is 2.54 bits per heavy atom. The van der Waals surface area contributed by atoms with Crippen molar-refractivity contribution in [3.05, 3.63) is 16.7 Å². The molecule has 5 rings (SSSR count). The average Bonchev–Trinajstić information content (AvgIpc) is 2.61. The zero-order chi connectivity index (χ0) is 20.4. The highest BCUT2D eigenvalue weighted by atomic mass is 16.5. The Hall–Kier alpha value is -2.04. The summed E-state index contributed by atoms with van der Waals surface area (Å²) in [4.78, 5) is 24.5. The van der Waals surface area contributed by atoms with Crippen molar-refractivity contribution in [1.82, 2.24) is 0 Å². The Labute approximate surface area is 166 Å². The number of Topliss-reactive ketones (excluding diaryl/α,β-unsaturated/α-hetero) is 1. The van der Waals surface area contributed by atoms with Gasteiger partial charge in [-0.3, -0.25) is 9.59 Å². The summed E-state index contributed by atoms with van der Waals surface area (Å²) in [6, 6.07) is 0. The van der Waals surface area contributed by atoms with Crippen LogP contribution in [0.4, 0.5) is 0 Å². The van der Waals surface area contributed by atoms with Crippen molar-refractivity contribution in [2.75, 3.05) is 0 Å². The Kier molecular flexibility index (Phi) is 4.29. The van der Waals surface area contributed by atoms with E-state index >= 15 is 0 Å². The van der Waals surface area contributed by atoms with E-state index in [0.29, 0.717) is 29.9 Å². The van der Waals surface area contributed by atoms with Gasteiger partial charge >= 0.3 is 0 Å². The van der Waals surface area contributed by atoms with Crippen LogP contribution in [0.2, 0.25) is 0 Å². The van der Waals surface area contributed by atoms with E-state index in [1.54, 1.807) is 0 Å². The second-order valence-corrected chi connectivity index (χ2v) is 9.94. The van der Waals surface area contributed by atoms with E-state index in [4.69, 9.17) is 4.74 Å². The summed E-state index contributed by atoms with van der Waals surface area (Å²) in [7, 11) is 0. The van der Waals surface area contributed by atoms with Gasteiger partial charge in [0.05, 0.1) is 5.56 Å². The van der Waals surface area contributed by atoms with Crippen LogP contribution in [0.15, 0.2) is 0 Å². The fourth-order valence-corrected chi connectivity index (χ4v) is 5.97. The molecule has 1 heterocycles. The molecule has 2 bridgehead atoms. The number of phenolic OH excluding ortho intramolecular Hbond substituents is 2. The normalized spacial score (nSPS) is 29.8. The Morgan fingerprint density at radius 2 is 1.96 bits per heavy atom. The lowest BCUT2D eigenvalue weighted by atomic mass is 9.43. The number of aromatic hydroxyl groups is 2. The van der Waals surface area contributed by atoms with Crippen LogP contribution in [0.1, 0.15) is 86.1 Å². The third kappa shape index (κ3) is 2.51. The van der Waals surface area contributed by atoms with Crippen molar-refractivity contribution in [2.45, 2.75) is 71.8 Å². The van der Waals surface area contributed by atoms with Crippen molar-refractivity contribution < 1.29 is 24.5 Å². The van der Waals surface area contributed by atoms with E-state index in [-0.39, 0.29) is 46.0 Å². The summed E-state index contributed by atoms with van der Waals surface area (Å²) in [5.41, 5.74) is 0.182. The molecule has 0 unspecified atom stereocenters. The van der Waals surface area contributed by atoms with Gasteiger partial charge in [-0.05, 0) is 49.4 Å². The molecule has 0 radical (unpaired) electrons. The third-order valence-corrected chi connectivity index (χ3v) is 7.65. The first kappa shape index (κ1) is 19.3. The first-order valence-corrected chi connectivity index (χ1v) is 10.4. The number of rotatable bonds is 4. The van der Waals surface area contributed by atoms with Crippen LogP contribution in [-0.4, -0.2) is 27.9 Å². The Balaban J connectivity index is 1.84. The topological polar surface area (TPSA) is 83.8 Å². The van der Waals surface area contributed by atoms with Gasteiger partial charge in [-0.1, -0.05) is 27.7 Å². The van der Waals surface area contributed by atoms with Crippen molar-refractivity contribution in [1.29, 1.82) is 0 Å². The highest BCUT2D eigenvalue weighted by Gasteiger charge is 2.63. The largest absolute Gasteiger partial charge is 0.507 e. The number of fused-ring (bicyclic) bond motifs is 2. The minimum Gasteiger partial charge on any atom is -0.507 e. The molecule has 28 heavy (non-hydrogen) atoms. The summed E-state index contributed by atoms with van der Waals surface area (Å²) >= 11 is 0. The van der Waals surface area contributed by atoms with Crippen LogP contribution in [-0.2, 0) is 6.42 Å². The molecule has 3 aliphatic carbocycles. The number of hydrogen-bond acceptors (Lipinski definition) is 5. The number of ether oxygens (including phenoxy) is 1. The molecule has 4 aliphatic rings. The first-order valence-electron chi connectivity index (χ1n) is 10.4. The summed E-state index contributed by atoms with van der Waals surface area (Å²) in [6.45, 7) is 8.45. The number of ketones is 1. The summed E-state index contributed by atoms with van der Waals surface area (Å²) in [5, 5.41) is 21.3. The summed E-state index contributed by atoms with van der Waals surface area (Å²) < 4.78 is 6.58. The number of carbonyl (C=O) groups is 2. The molecule has 3 atom stereocenters. The number of aldehydes is 1. The fourth-order valence-electron chi connectivity index (χ4n) is 5.97. The zero-order valence-electron chi connectivity index (χ0n) is 17.2. The maximum Gasteiger partial charge on any atom is 0.170 e. The summed E-state index contributed by atoms with van der Waals surface area (Å²) in [5.74, 6) is 0.582. The quantitative estimate of drug-likeness (QED) is 0.581. The second kappa shape index (κ2) is 6.23. The van der Waals surface area contributed by atoms with Gasteiger partial charge < -0.3 is 14.9 Å². The molecule has 0 aromatic heterocycles. The van der Waals surface area contributed by atoms with Gasteiger partial charge in [0, 0.05) is 17.9 Å². The molecule has 3 fully saturated rings. The van der Waals surface area contributed by atoms with E-state index in [1.807, 2.05) is 13.8 Å². The smallest absolute Gasteiger partial charge is 0.170 e.